The van der Waals surface area contributed by atoms with E-state index in [1.165, 1.54) is 19.1 Å². The van der Waals surface area contributed by atoms with Gasteiger partial charge in [-0.15, -0.1) is 0 Å². The second-order valence-corrected chi connectivity index (χ2v) is 7.99. The quantitative estimate of drug-likeness (QED) is 0.485. The van der Waals surface area contributed by atoms with E-state index in [-0.39, 0.29) is 29.3 Å². The van der Waals surface area contributed by atoms with Crippen LogP contribution < -0.4 is 4.72 Å². The van der Waals surface area contributed by atoms with Crippen LogP contribution in [-0.2, 0) is 19.6 Å². The number of aromatic nitrogens is 1. The summed E-state index contributed by atoms with van der Waals surface area (Å²) in [6.45, 7) is 4.09. The van der Waals surface area contributed by atoms with Crippen LogP contribution in [0, 0.1) is 13.8 Å². The van der Waals surface area contributed by atoms with E-state index in [1.54, 1.807) is 32.0 Å². The second-order valence-electron chi connectivity index (χ2n) is 6.23. The molecule has 0 fully saturated rings. The van der Waals surface area contributed by atoms with E-state index < -0.39 is 28.4 Å². The van der Waals surface area contributed by atoms with Crippen molar-refractivity contribution in [1.82, 2.24) is 9.71 Å². The number of hydrogen-bond donors (Lipinski definition) is 2. The van der Waals surface area contributed by atoms with Crippen LogP contribution in [0.4, 0.5) is 0 Å². The Labute approximate surface area is 163 Å². The van der Waals surface area contributed by atoms with Crippen molar-refractivity contribution in [1.29, 1.82) is 0 Å². The van der Waals surface area contributed by atoms with E-state index in [4.69, 9.17) is 4.74 Å². The van der Waals surface area contributed by atoms with Gasteiger partial charge in [-0.05, 0) is 38.5 Å². The molecule has 0 atom stereocenters. The van der Waals surface area contributed by atoms with E-state index in [9.17, 15) is 22.8 Å². The van der Waals surface area contributed by atoms with Gasteiger partial charge in [0.2, 0.25) is 15.8 Å². The van der Waals surface area contributed by atoms with Crippen LogP contribution in [0.3, 0.4) is 0 Å². The number of benzene rings is 1. The number of hydrogen-bond acceptors (Lipinski definition) is 6. The van der Waals surface area contributed by atoms with E-state index in [0.29, 0.717) is 16.8 Å². The number of ether oxygens (including phenoxy) is 1. The van der Waals surface area contributed by atoms with E-state index in [0.717, 1.165) is 0 Å². The second kappa shape index (κ2) is 8.94. The summed E-state index contributed by atoms with van der Waals surface area (Å²) >= 11 is 0. The average Bonchev–Trinajstić information content (AvgIpc) is 2.94. The molecule has 8 nitrogen and oxygen atoms in total. The van der Waals surface area contributed by atoms with Crippen molar-refractivity contribution >= 4 is 27.6 Å². The largest absolute Gasteiger partial charge is 0.457 e. The Bertz CT molecular complexity index is 993. The highest BCUT2D eigenvalue weighted by Crippen LogP contribution is 2.19. The number of Topliss-reactive ketones (excluding diaryl/α,β-unsaturated/α-hetero) is 2. The summed E-state index contributed by atoms with van der Waals surface area (Å²) in [6, 6.07) is 7.76. The highest BCUT2D eigenvalue weighted by Gasteiger charge is 2.21. The third-order valence-electron chi connectivity index (χ3n) is 4.11. The standard InChI is InChI=1S/C19H22N2O6S/c1-12-18(14(3)22)13(2)21-19(12)16(23)11-27-17(24)9-10-20-28(25,26)15-7-5-4-6-8-15/h4-8,20-21H,9-11H2,1-3H3. The maximum absolute atomic E-state index is 12.2. The van der Waals surface area contributed by atoms with Gasteiger partial charge in [0.05, 0.1) is 17.0 Å². The number of esters is 1. The number of nitrogens with one attached hydrogen (secondary N) is 2. The number of aryl methyl sites for hydroxylation is 1. The summed E-state index contributed by atoms with van der Waals surface area (Å²) in [4.78, 5) is 38.6. The van der Waals surface area contributed by atoms with Crippen molar-refractivity contribution in [3.05, 3.63) is 52.8 Å². The summed E-state index contributed by atoms with van der Waals surface area (Å²) in [5.41, 5.74) is 1.77. The topological polar surface area (TPSA) is 122 Å². The van der Waals surface area contributed by atoms with Gasteiger partial charge in [-0.3, -0.25) is 14.4 Å². The van der Waals surface area contributed by atoms with Gasteiger partial charge in [-0.2, -0.15) is 0 Å². The molecule has 1 aromatic carbocycles. The Morgan fingerprint density at radius 2 is 1.75 bits per heavy atom. The molecule has 0 amide bonds. The maximum Gasteiger partial charge on any atom is 0.307 e. The van der Waals surface area contributed by atoms with Gasteiger partial charge in [-0.25, -0.2) is 13.1 Å². The summed E-state index contributed by atoms with van der Waals surface area (Å²) < 4.78 is 31.3. The number of aromatic amines is 1. The number of sulfonamides is 1. The van der Waals surface area contributed by atoms with Crippen molar-refractivity contribution in [2.45, 2.75) is 32.1 Å². The molecule has 0 radical (unpaired) electrons. The van der Waals surface area contributed by atoms with Crippen LogP contribution in [0.25, 0.3) is 0 Å². The normalized spacial score (nSPS) is 11.2. The molecule has 2 aromatic rings. The Balaban J connectivity index is 1.85. The summed E-state index contributed by atoms with van der Waals surface area (Å²) in [6.07, 6.45) is -0.221. The lowest BCUT2D eigenvalue weighted by Gasteiger charge is -2.07. The van der Waals surface area contributed by atoms with Crippen LogP contribution in [0.2, 0.25) is 0 Å². The maximum atomic E-state index is 12.2. The van der Waals surface area contributed by atoms with Crippen molar-refractivity contribution in [3.63, 3.8) is 0 Å². The van der Waals surface area contributed by atoms with Gasteiger partial charge in [0.1, 0.15) is 0 Å². The molecular weight excluding hydrogens is 384 g/mol. The molecule has 0 aliphatic carbocycles. The Morgan fingerprint density at radius 1 is 1.11 bits per heavy atom. The molecule has 150 valence electrons. The molecule has 0 unspecified atom stereocenters. The molecule has 0 aliphatic heterocycles. The minimum atomic E-state index is -3.71. The zero-order valence-electron chi connectivity index (χ0n) is 15.9. The monoisotopic (exact) mass is 406 g/mol. The molecule has 0 saturated carbocycles. The first kappa shape index (κ1) is 21.5. The highest BCUT2D eigenvalue weighted by molar-refractivity contribution is 7.89. The van der Waals surface area contributed by atoms with Crippen LogP contribution in [0.1, 0.15) is 45.4 Å². The molecule has 1 heterocycles. The van der Waals surface area contributed by atoms with Crippen LogP contribution in [0.5, 0.6) is 0 Å². The van der Waals surface area contributed by atoms with Crippen molar-refractivity contribution in [2.75, 3.05) is 13.2 Å². The third-order valence-corrected chi connectivity index (χ3v) is 5.58. The molecule has 9 heteroatoms. The van der Waals surface area contributed by atoms with Gasteiger partial charge in [0.15, 0.2) is 12.4 Å². The fourth-order valence-electron chi connectivity index (χ4n) is 2.82. The van der Waals surface area contributed by atoms with Gasteiger partial charge in [0, 0.05) is 17.8 Å². The fourth-order valence-corrected chi connectivity index (χ4v) is 3.87. The molecule has 2 N–H and O–H groups in total. The molecular formula is C19H22N2O6S. The predicted molar refractivity (Wildman–Crippen MR) is 102 cm³/mol. The molecule has 0 bridgehead atoms. The zero-order chi connectivity index (χ0) is 20.9. The SMILES string of the molecule is CC(=O)c1c(C)[nH]c(C(=O)COC(=O)CCNS(=O)(=O)c2ccccc2)c1C. The Morgan fingerprint density at radius 3 is 2.32 bits per heavy atom. The first-order chi connectivity index (χ1) is 13.1. The smallest absolute Gasteiger partial charge is 0.307 e. The molecule has 0 spiro atoms. The minimum absolute atomic E-state index is 0.0948. The fraction of sp³-hybridized carbons (Fsp3) is 0.316. The number of H-pyrrole nitrogens is 1. The summed E-state index contributed by atoms with van der Waals surface area (Å²) in [5, 5.41) is 0. The van der Waals surface area contributed by atoms with Crippen LogP contribution in [-0.4, -0.2) is 44.1 Å². The van der Waals surface area contributed by atoms with Gasteiger partial charge < -0.3 is 9.72 Å². The highest BCUT2D eigenvalue weighted by atomic mass is 32.2. The number of ketones is 2. The summed E-state index contributed by atoms with van der Waals surface area (Å²) in [5.74, 6) is -1.34. The lowest BCUT2D eigenvalue weighted by molar-refractivity contribution is -0.142. The molecule has 28 heavy (non-hydrogen) atoms. The van der Waals surface area contributed by atoms with E-state index in [2.05, 4.69) is 9.71 Å². The van der Waals surface area contributed by atoms with Crippen LogP contribution >= 0.6 is 0 Å². The van der Waals surface area contributed by atoms with E-state index >= 15 is 0 Å². The number of carbonyl (C=O) groups excluding carboxylic acids is 3. The lowest BCUT2D eigenvalue weighted by Crippen LogP contribution is -2.27. The van der Waals surface area contributed by atoms with Gasteiger partial charge in [-0.1, -0.05) is 18.2 Å². The first-order valence-corrected chi connectivity index (χ1v) is 10.1. The minimum Gasteiger partial charge on any atom is -0.457 e. The zero-order valence-corrected chi connectivity index (χ0v) is 16.7. The third kappa shape index (κ3) is 5.14. The van der Waals surface area contributed by atoms with Crippen molar-refractivity contribution < 1.29 is 27.5 Å². The van der Waals surface area contributed by atoms with Crippen molar-refractivity contribution in [2.24, 2.45) is 0 Å². The Hall–Kier alpha value is -2.78. The molecule has 0 saturated heterocycles. The first-order valence-electron chi connectivity index (χ1n) is 8.57. The molecule has 2 rings (SSSR count). The van der Waals surface area contributed by atoms with Gasteiger partial charge >= 0.3 is 5.97 Å². The van der Waals surface area contributed by atoms with Crippen LogP contribution in [0.15, 0.2) is 35.2 Å². The average molecular weight is 406 g/mol. The number of carbonyl (C=O) groups is 3. The van der Waals surface area contributed by atoms with E-state index in [1.807, 2.05) is 0 Å². The summed E-state index contributed by atoms with van der Waals surface area (Å²) in [7, 11) is -3.71. The predicted octanol–water partition coefficient (Wildman–Crippen LogP) is 1.93. The Kier molecular flexibility index (Phi) is 6.87. The van der Waals surface area contributed by atoms with Gasteiger partial charge in [0.25, 0.3) is 0 Å². The number of rotatable bonds is 9. The van der Waals surface area contributed by atoms with Crippen molar-refractivity contribution in [3.8, 4) is 0 Å². The molecule has 1 aromatic heterocycles. The lowest BCUT2D eigenvalue weighted by atomic mass is 10.1. The molecule has 0 aliphatic rings.